The van der Waals surface area contributed by atoms with Crippen molar-refractivity contribution in [2.24, 2.45) is 5.92 Å². The Labute approximate surface area is 108 Å². The van der Waals surface area contributed by atoms with Crippen LogP contribution >= 0.6 is 0 Å². The first-order valence-electron chi connectivity index (χ1n) is 6.44. The number of hydrogen-bond donors (Lipinski definition) is 2. The number of hydrogen-bond acceptors (Lipinski definition) is 3. The van der Waals surface area contributed by atoms with Gasteiger partial charge in [0.1, 0.15) is 0 Å². The lowest BCUT2D eigenvalue weighted by molar-refractivity contribution is 0.105. The molecule has 4 nitrogen and oxygen atoms in total. The third-order valence-corrected chi connectivity index (χ3v) is 2.59. The van der Waals surface area contributed by atoms with Crippen LogP contribution < -0.4 is 5.32 Å². The van der Waals surface area contributed by atoms with Gasteiger partial charge in [0, 0.05) is 12.6 Å². The number of aromatic nitrogens is 2. The predicted molar refractivity (Wildman–Crippen MR) is 74.8 cm³/mol. The molecule has 1 unspecified atom stereocenters. The van der Waals surface area contributed by atoms with Crippen molar-refractivity contribution in [1.29, 1.82) is 0 Å². The van der Waals surface area contributed by atoms with Crippen molar-refractivity contribution in [1.82, 2.24) is 9.97 Å². The van der Waals surface area contributed by atoms with Crippen LogP contribution in [0.5, 0.6) is 0 Å². The van der Waals surface area contributed by atoms with Crippen molar-refractivity contribution in [3.8, 4) is 0 Å². The smallest absolute Gasteiger partial charge is 0.201 e. The van der Waals surface area contributed by atoms with Crippen molar-refractivity contribution >= 4 is 17.0 Å². The molecule has 0 aliphatic rings. The van der Waals surface area contributed by atoms with E-state index in [2.05, 4.69) is 36.1 Å². The fourth-order valence-corrected chi connectivity index (χ4v) is 1.78. The highest BCUT2D eigenvalue weighted by Gasteiger charge is 2.06. The van der Waals surface area contributed by atoms with Gasteiger partial charge in [-0.3, -0.25) is 0 Å². The Kier molecular flexibility index (Phi) is 4.20. The molecule has 2 rings (SSSR count). The van der Waals surface area contributed by atoms with Crippen LogP contribution in [0.15, 0.2) is 24.3 Å². The lowest BCUT2D eigenvalue weighted by Crippen LogP contribution is -2.23. The van der Waals surface area contributed by atoms with Gasteiger partial charge < -0.3 is 15.0 Å². The molecule has 18 heavy (non-hydrogen) atoms. The first-order valence-corrected chi connectivity index (χ1v) is 6.44. The molecule has 2 N–H and O–H groups in total. The van der Waals surface area contributed by atoms with Crippen LogP contribution in [0.1, 0.15) is 20.8 Å². The summed E-state index contributed by atoms with van der Waals surface area (Å²) in [6.07, 6.45) is 0. The van der Waals surface area contributed by atoms with Gasteiger partial charge in [0.25, 0.3) is 0 Å². The Morgan fingerprint density at radius 3 is 2.72 bits per heavy atom. The van der Waals surface area contributed by atoms with Gasteiger partial charge in [-0.1, -0.05) is 26.0 Å². The van der Waals surface area contributed by atoms with Gasteiger partial charge in [0.15, 0.2) is 0 Å². The highest BCUT2D eigenvalue weighted by atomic mass is 16.5. The van der Waals surface area contributed by atoms with Gasteiger partial charge in [-0.25, -0.2) is 4.98 Å². The average Bonchev–Trinajstić information content (AvgIpc) is 2.70. The SMILES string of the molecule is CC(C)COCC(C)Nc1nc2ccccc2[nH]1. The van der Waals surface area contributed by atoms with Gasteiger partial charge in [-0.15, -0.1) is 0 Å². The summed E-state index contributed by atoms with van der Waals surface area (Å²) in [5, 5.41) is 3.31. The van der Waals surface area contributed by atoms with Crippen molar-refractivity contribution in [3.63, 3.8) is 0 Å². The van der Waals surface area contributed by atoms with E-state index < -0.39 is 0 Å². The molecule has 0 fully saturated rings. The summed E-state index contributed by atoms with van der Waals surface area (Å²) >= 11 is 0. The fraction of sp³-hybridized carbons (Fsp3) is 0.500. The Hall–Kier alpha value is -1.55. The Balaban J connectivity index is 1.88. The van der Waals surface area contributed by atoms with Crippen molar-refractivity contribution in [2.45, 2.75) is 26.8 Å². The molecule has 1 aromatic carbocycles. The maximum Gasteiger partial charge on any atom is 0.201 e. The minimum absolute atomic E-state index is 0.240. The average molecular weight is 247 g/mol. The maximum absolute atomic E-state index is 5.60. The van der Waals surface area contributed by atoms with E-state index in [4.69, 9.17) is 4.74 Å². The highest BCUT2D eigenvalue weighted by molar-refractivity contribution is 5.77. The van der Waals surface area contributed by atoms with Gasteiger partial charge >= 0.3 is 0 Å². The summed E-state index contributed by atoms with van der Waals surface area (Å²) in [6.45, 7) is 7.88. The number of fused-ring (bicyclic) bond motifs is 1. The van der Waals surface area contributed by atoms with E-state index in [0.29, 0.717) is 12.5 Å². The number of benzene rings is 1. The van der Waals surface area contributed by atoms with Gasteiger partial charge in [0.05, 0.1) is 17.6 Å². The molecule has 4 heteroatoms. The number of para-hydroxylation sites is 2. The largest absolute Gasteiger partial charge is 0.379 e. The number of rotatable bonds is 6. The van der Waals surface area contributed by atoms with Crippen LogP contribution in [0.4, 0.5) is 5.95 Å². The van der Waals surface area contributed by atoms with E-state index in [-0.39, 0.29) is 6.04 Å². The Bertz CT molecular complexity index is 459. The number of aromatic amines is 1. The molecule has 0 saturated carbocycles. The zero-order valence-corrected chi connectivity index (χ0v) is 11.2. The standard InChI is InChI=1S/C14H21N3O/c1-10(2)8-18-9-11(3)15-14-16-12-6-4-5-7-13(12)17-14/h4-7,10-11H,8-9H2,1-3H3,(H2,15,16,17). The maximum atomic E-state index is 5.60. The quantitative estimate of drug-likeness (QED) is 0.825. The molecule has 0 saturated heterocycles. The lowest BCUT2D eigenvalue weighted by Gasteiger charge is -2.14. The van der Waals surface area contributed by atoms with Crippen LogP contribution in [0, 0.1) is 5.92 Å². The molecule has 1 atom stereocenters. The van der Waals surface area contributed by atoms with Crippen molar-refractivity contribution in [2.75, 3.05) is 18.5 Å². The van der Waals surface area contributed by atoms with E-state index in [1.54, 1.807) is 0 Å². The normalized spacial score (nSPS) is 13.1. The number of H-pyrrole nitrogens is 1. The number of nitrogens with one attached hydrogen (secondary N) is 2. The second-order valence-electron chi connectivity index (χ2n) is 5.08. The number of anilines is 1. The summed E-state index contributed by atoms with van der Waals surface area (Å²) in [5.74, 6) is 1.38. The van der Waals surface area contributed by atoms with Gasteiger partial charge in [0.2, 0.25) is 5.95 Å². The zero-order chi connectivity index (χ0) is 13.0. The second-order valence-corrected chi connectivity index (χ2v) is 5.08. The first-order chi connectivity index (χ1) is 8.65. The summed E-state index contributed by atoms with van der Waals surface area (Å²) in [4.78, 5) is 7.72. The second kappa shape index (κ2) is 5.87. The molecule has 0 amide bonds. The van der Waals surface area contributed by atoms with E-state index in [1.165, 1.54) is 0 Å². The van der Waals surface area contributed by atoms with Crippen LogP contribution in [-0.2, 0) is 4.74 Å². The highest BCUT2D eigenvalue weighted by Crippen LogP contribution is 2.13. The first kappa shape index (κ1) is 12.9. The van der Waals surface area contributed by atoms with Crippen LogP contribution in [-0.4, -0.2) is 29.2 Å². The summed E-state index contributed by atoms with van der Waals surface area (Å²) in [6, 6.07) is 8.25. The van der Waals surface area contributed by atoms with Crippen molar-refractivity contribution < 1.29 is 4.74 Å². The topological polar surface area (TPSA) is 49.9 Å². The van der Waals surface area contributed by atoms with E-state index >= 15 is 0 Å². The molecular formula is C14H21N3O. The third kappa shape index (κ3) is 3.47. The molecule has 0 radical (unpaired) electrons. The van der Waals surface area contributed by atoms with Crippen LogP contribution in [0.3, 0.4) is 0 Å². The molecular weight excluding hydrogens is 226 g/mol. The summed E-state index contributed by atoms with van der Waals surface area (Å²) in [7, 11) is 0. The summed E-state index contributed by atoms with van der Waals surface area (Å²) < 4.78 is 5.60. The number of nitrogens with zero attached hydrogens (tertiary/aromatic N) is 1. The van der Waals surface area contributed by atoms with E-state index in [1.807, 2.05) is 24.3 Å². The van der Waals surface area contributed by atoms with Crippen molar-refractivity contribution in [3.05, 3.63) is 24.3 Å². The zero-order valence-electron chi connectivity index (χ0n) is 11.2. The van der Waals surface area contributed by atoms with E-state index in [0.717, 1.165) is 23.6 Å². The fourth-order valence-electron chi connectivity index (χ4n) is 1.78. The molecule has 0 aliphatic carbocycles. The summed E-state index contributed by atoms with van der Waals surface area (Å²) in [5.41, 5.74) is 2.03. The Morgan fingerprint density at radius 1 is 1.22 bits per heavy atom. The van der Waals surface area contributed by atoms with E-state index in [9.17, 15) is 0 Å². The predicted octanol–water partition coefficient (Wildman–Crippen LogP) is 3.04. The monoisotopic (exact) mass is 247 g/mol. The lowest BCUT2D eigenvalue weighted by atomic mass is 10.2. The molecule has 0 spiro atoms. The minimum atomic E-state index is 0.240. The van der Waals surface area contributed by atoms with Crippen LogP contribution in [0.25, 0.3) is 11.0 Å². The molecule has 0 bridgehead atoms. The van der Waals surface area contributed by atoms with Gasteiger partial charge in [-0.05, 0) is 25.0 Å². The Morgan fingerprint density at radius 2 is 2.00 bits per heavy atom. The number of imidazole rings is 1. The molecule has 2 aromatic rings. The van der Waals surface area contributed by atoms with Gasteiger partial charge in [-0.2, -0.15) is 0 Å². The molecule has 0 aliphatic heterocycles. The number of ether oxygens (including phenoxy) is 1. The molecule has 98 valence electrons. The molecule has 1 aromatic heterocycles. The third-order valence-electron chi connectivity index (χ3n) is 2.59. The minimum Gasteiger partial charge on any atom is -0.379 e. The molecule has 1 heterocycles. The van der Waals surface area contributed by atoms with Crippen LogP contribution in [0.2, 0.25) is 0 Å².